The second kappa shape index (κ2) is 7.57. The van der Waals surface area contributed by atoms with E-state index in [0.717, 1.165) is 23.1 Å². The van der Waals surface area contributed by atoms with Gasteiger partial charge < -0.3 is 9.88 Å². The highest BCUT2D eigenvalue weighted by Gasteiger charge is 2.30. The van der Waals surface area contributed by atoms with Gasteiger partial charge in [0.2, 0.25) is 5.91 Å². The van der Waals surface area contributed by atoms with Crippen molar-refractivity contribution in [2.75, 3.05) is 0 Å². The summed E-state index contributed by atoms with van der Waals surface area (Å²) in [7, 11) is 0. The topological polar surface area (TPSA) is 59.8 Å². The maximum atomic E-state index is 12.4. The third kappa shape index (κ3) is 3.92. The van der Waals surface area contributed by atoms with Gasteiger partial charge in [0.15, 0.2) is 5.16 Å². The number of thioether (sulfide) groups is 1. The number of benzene rings is 1. The summed E-state index contributed by atoms with van der Waals surface area (Å²) >= 11 is 7.57. The molecule has 1 aliphatic rings. The lowest BCUT2D eigenvalue weighted by Crippen LogP contribution is -2.30. The van der Waals surface area contributed by atoms with E-state index in [-0.39, 0.29) is 11.2 Å². The maximum absolute atomic E-state index is 12.4. The van der Waals surface area contributed by atoms with Crippen LogP contribution in [0, 0.1) is 0 Å². The minimum Gasteiger partial charge on any atom is -0.351 e. The summed E-state index contributed by atoms with van der Waals surface area (Å²) in [4.78, 5) is 12.4. The van der Waals surface area contributed by atoms with Gasteiger partial charge in [0, 0.05) is 24.0 Å². The average Bonchev–Trinajstić information content (AvgIpc) is 3.35. The molecular weight excluding hydrogens is 344 g/mol. The van der Waals surface area contributed by atoms with Crippen molar-refractivity contribution in [2.24, 2.45) is 0 Å². The molecule has 0 saturated heterocycles. The molecule has 0 spiro atoms. The van der Waals surface area contributed by atoms with Crippen molar-refractivity contribution in [3.05, 3.63) is 40.7 Å². The third-order valence-corrected chi connectivity index (χ3v) is 5.52. The zero-order chi connectivity index (χ0) is 17.1. The van der Waals surface area contributed by atoms with Crippen molar-refractivity contribution in [1.82, 2.24) is 20.1 Å². The smallest absolute Gasteiger partial charge is 0.233 e. The van der Waals surface area contributed by atoms with Crippen LogP contribution in [-0.4, -0.2) is 25.9 Å². The summed E-state index contributed by atoms with van der Waals surface area (Å²) < 4.78 is 2.13. The fraction of sp³-hybridized carbons (Fsp3) is 0.471. The van der Waals surface area contributed by atoms with Crippen LogP contribution in [0.25, 0.3) is 0 Å². The molecular formula is C17H21ClN4OS. The zero-order valence-corrected chi connectivity index (χ0v) is 15.4. The molecule has 1 N–H and O–H groups in total. The summed E-state index contributed by atoms with van der Waals surface area (Å²) in [5.41, 5.74) is 0.914. The van der Waals surface area contributed by atoms with E-state index < -0.39 is 0 Å². The maximum Gasteiger partial charge on any atom is 0.233 e. The molecule has 0 bridgehead atoms. The Morgan fingerprint density at radius 2 is 2.17 bits per heavy atom. The Balaban J connectivity index is 1.59. The summed E-state index contributed by atoms with van der Waals surface area (Å²) in [6.07, 6.45) is 2.38. The van der Waals surface area contributed by atoms with Gasteiger partial charge in [-0.05, 0) is 38.3 Å². The monoisotopic (exact) mass is 364 g/mol. The standard InChI is InChI=1S/C17H21ClN4OS/c1-3-22-15(12-8-9-12)20-21-17(22)24-11(2)16(23)19-10-13-6-4-5-7-14(13)18/h4-7,11-12H,3,8-10H2,1-2H3,(H,19,23)/t11-/m0/s1. The summed E-state index contributed by atoms with van der Waals surface area (Å²) in [5, 5.41) is 12.8. The van der Waals surface area contributed by atoms with Gasteiger partial charge in [0.05, 0.1) is 5.25 Å². The second-order valence-electron chi connectivity index (χ2n) is 5.93. The molecule has 0 radical (unpaired) electrons. The second-order valence-corrected chi connectivity index (χ2v) is 7.64. The first kappa shape index (κ1) is 17.3. The number of rotatable bonds is 7. The molecule has 1 saturated carbocycles. The number of halogens is 1. The SMILES string of the molecule is CCn1c(S[C@@H](C)C(=O)NCc2ccccc2Cl)nnc1C1CC1. The first-order valence-electron chi connectivity index (χ1n) is 8.21. The van der Waals surface area contributed by atoms with Gasteiger partial charge in [-0.2, -0.15) is 0 Å². The Morgan fingerprint density at radius 1 is 1.42 bits per heavy atom. The molecule has 2 aromatic rings. The van der Waals surface area contributed by atoms with Crippen LogP contribution in [0.15, 0.2) is 29.4 Å². The molecule has 128 valence electrons. The van der Waals surface area contributed by atoms with Crippen molar-refractivity contribution < 1.29 is 4.79 Å². The number of nitrogens with zero attached hydrogens (tertiary/aromatic N) is 3. The van der Waals surface area contributed by atoms with E-state index in [2.05, 4.69) is 27.0 Å². The van der Waals surface area contributed by atoms with Crippen molar-refractivity contribution in [1.29, 1.82) is 0 Å². The molecule has 1 aliphatic carbocycles. The van der Waals surface area contributed by atoms with Gasteiger partial charge in [-0.1, -0.05) is 41.6 Å². The molecule has 1 aromatic carbocycles. The number of carbonyl (C=O) groups is 1. The Kier molecular flexibility index (Phi) is 5.46. The van der Waals surface area contributed by atoms with Crippen LogP contribution in [0.3, 0.4) is 0 Å². The van der Waals surface area contributed by atoms with Gasteiger partial charge >= 0.3 is 0 Å². The molecule has 0 aliphatic heterocycles. The number of nitrogens with one attached hydrogen (secondary N) is 1. The van der Waals surface area contributed by atoms with Crippen molar-refractivity contribution in [3.8, 4) is 0 Å². The van der Waals surface area contributed by atoms with Crippen molar-refractivity contribution in [2.45, 2.75) is 56.1 Å². The molecule has 1 amide bonds. The van der Waals surface area contributed by atoms with Crippen LogP contribution in [0.5, 0.6) is 0 Å². The Labute approximate surface area is 151 Å². The largest absolute Gasteiger partial charge is 0.351 e. The van der Waals surface area contributed by atoms with E-state index in [9.17, 15) is 4.79 Å². The molecule has 1 aromatic heterocycles. The highest BCUT2D eigenvalue weighted by molar-refractivity contribution is 8.00. The van der Waals surface area contributed by atoms with Gasteiger partial charge in [-0.25, -0.2) is 0 Å². The molecule has 7 heteroatoms. The first-order valence-corrected chi connectivity index (χ1v) is 9.46. The van der Waals surface area contributed by atoms with Crippen LogP contribution in [-0.2, 0) is 17.9 Å². The number of amides is 1. The van der Waals surface area contributed by atoms with Crippen molar-refractivity contribution in [3.63, 3.8) is 0 Å². The molecule has 1 atom stereocenters. The van der Waals surface area contributed by atoms with E-state index in [1.54, 1.807) is 0 Å². The average molecular weight is 365 g/mol. The molecule has 0 unspecified atom stereocenters. The number of carbonyl (C=O) groups excluding carboxylic acids is 1. The van der Waals surface area contributed by atoms with Crippen LogP contribution in [0.4, 0.5) is 0 Å². The predicted octanol–water partition coefficient (Wildman–Crippen LogP) is 3.63. The van der Waals surface area contributed by atoms with Crippen LogP contribution >= 0.6 is 23.4 Å². The number of hydrogen-bond acceptors (Lipinski definition) is 4. The fourth-order valence-corrected chi connectivity index (χ4v) is 3.65. The highest BCUT2D eigenvalue weighted by Crippen LogP contribution is 2.40. The van der Waals surface area contributed by atoms with Gasteiger partial charge in [-0.15, -0.1) is 10.2 Å². The molecule has 1 fully saturated rings. The van der Waals surface area contributed by atoms with E-state index in [1.165, 1.54) is 24.6 Å². The minimum atomic E-state index is -0.242. The summed E-state index contributed by atoms with van der Waals surface area (Å²) in [6, 6.07) is 7.52. The molecule has 5 nitrogen and oxygen atoms in total. The van der Waals surface area contributed by atoms with E-state index in [0.29, 0.717) is 17.5 Å². The van der Waals surface area contributed by atoms with Crippen LogP contribution < -0.4 is 5.32 Å². The van der Waals surface area contributed by atoms with E-state index in [1.807, 2.05) is 31.2 Å². The lowest BCUT2D eigenvalue weighted by Gasteiger charge is -2.13. The normalized spacial score (nSPS) is 15.3. The van der Waals surface area contributed by atoms with Crippen LogP contribution in [0.2, 0.25) is 5.02 Å². The number of aromatic nitrogens is 3. The third-order valence-electron chi connectivity index (χ3n) is 4.07. The summed E-state index contributed by atoms with van der Waals surface area (Å²) in [5.74, 6) is 1.58. The molecule has 1 heterocycles. The first-order chi connectivity index (χ1) is 11.6. The van der Waals surface area contributed by atoms with Gasteiger partial charge in [0.25, 0.3) is 0 Å². The fourth-order valence-electron chi connectivity index (χ4n) is 2.51. The van der Waals surface area contributed by atoms with Gasteiger partial charge in [-0.3, -0.25) is 4.79 Å². The Hall–Kier alpha value is -1.53. The Morgan fingerprint density at radius 3 is 2.83 bits per heavy atom. The van der Waals surface area contributed by atoms with Crippen molar-refractivity contribution >= 4 is 29.3 Å². The zero-order valence-electron chi connectivity index (χ0n) is 13.8. The summed E-state index contributed by atoms with van der Waals surface area (Å²) in [6.45, 7) is 5.23. The van der Waals surface area contributed by atoms with Gasteiger partial charge in [0.1, 0.15) is 5.82 Å². The quantitative estimate of drug-likeness (QED) is 0.762. The van der Waals surface area contributed by atoms with Crippen LogP contribution in [0.1, 0.15) is 44.0 Å². The highest BCUT2D eigenvalue weighted by atomic mass is 35.5. The minimum absolute atomic E-state index is 0.0291. The predicted molar refractivity (Wildman–Crippen MR) is 96.3 cm³/mol. The lowest BCUT2D eigenvalue weighted by molar-refractivity contribution is -0.120. The van der Waals surface area contributed by atoms with E-state index in [4.69, 9.17) is 11.6 Å². The Bertz CT molecular complexity index is 729. The molecule has 3 rings (SSSR count). The number of hydrogen-bond donors (Lipinski definition) is 1. The van der Waals surface area contributed by atoms with E-state index >= 15 is 0 Å². The molecule has 24 heavy (non-hydrogen) atoms. The lowest BCUT2D eigenvalue weighted by atomic mass is 10.2.